The third-order valence-corrected chi connectivity index (χ3v) is 8.69. The van der Waals surface area contributed by atoms with Gasteiger partial charge in [-0.2, -0.15) is 0 Å². The molecule has 10 heteroatoms. The van der Waals surface area contributed by atoms with Crippen LogP contribution in [0.4, 0.5) is 5.82 Å². The molecule has 6 rings (SSSR count). The molecule has 0 radical (unpaired) electrons. The van der Waals surface area contributed by atoms with Crippen LogP contribution in [-0.2, 0) is 11.3 Å². The fourth-order valence-corrected chi connectivity index (χ4v) is 6.70. The van der Waals surface area contributed by atoms with Gasteiger partial charge in [0.1, 0.15) is 11.6 Å². The number of fused-ring (bicyclic) bond motifs is 2. The Kier molecular flexibility index (Phi) is 8.63. The fraction of sp³-hybridized carbons (Fsp3) is 0.452. The van der Waals surface area contributed by atoms with E-state index in [9.17, 15) is 4.79 Å². The molecule has 2 unspecified atom stereocenters. The number of piperidine rings is 1. The van der Waals surface area contributed by atoms with Crippen molar-refractivity contribution in [3.8, 4) is 22.9 Å². The molecular weight excluding hydrogens is 559 g/mol. The number of halogens is 2. The van der Waals surface area contributed by atoms with Crippen molar-refractivity contribution >= 4 is 34.9 Å². The Labute approximate surface area is 251 Å². The van der Waals surface area contributed by atoms with Gasteiger partial charge in [0.15, 0.2) is 0 Å². The summed E-state index contributed by atoms with van der Waals surface area (Å²) in [6, 6.07) is 14.7. The van der Waals surface area contributed by atoms with Gasteiger partial charge in [0.25, 0.3) is 0 Å². The molecule has 3 aromatic rings. The van der Waals surface area contributed by atoms with Gasteiger partial charge < -0.3 is 20.3 Å². The monoisotopic (exact) mass is 594 g/mol. The Bertz CT molecular complexity index is 1350. The Balaban J connectivity index is 1.19. The van der Waals surface area contributed by atoms with Crippen molar-refractivity contribution in [1.29, 1.82) is 0 Å². The second-order valence-electron chi connectivity index (χ2n) is 11.5. The highest BCUT2D eigenvalue weighted by Crippen LogP contribution is 2.31. The van der Waals surface area contributed by atoms with Gasteiger partial charge >= 0.3 is 0 Å². The zero-order valence-corrected chi connectivity index (χ0v) is 24.8. The molecule has 1 aromatic carbocycles. The normalized spacial score (nSPS) is 21.2. The predicted octanol–water partition coefficient (Wildman–Crippen LogP) is 5.53. The summed E-state index contributed by atoms with van der Waals surface area (Å²) in [6.45, 7) is 7.02. The third-order valence-electron chi connectivity index (χ3n) is 8.26. The maximum Gasteiger partial charge on any atom is 0.220 e. The molecule has 216 valence electrons. The van der Waals surface area contributed by atoms with E-state index in [1.165, 1.54) is 12.8 Å². The molecular formula is C31H36Cl2N6O2. The number of benzene rings is 1. The van der Waals surface area contributed by atoms with Crippen LogP contribution in [0, 0.1) is 5.92 Å². The van der Waals surface area contributed by atoms with Crippen LogP contribution in [0.5, 0.6) is 11.6 Å². The first-order valence-corrected chi connectivity index (χ1v) is 15.2. The van der Waals surface area contributed by atoms with Gasteiger partial charge in [0.2, 0.25) is 11.8 Å². The van der Waals surface area contributed by atoms with E-state index < -0.39 is 0 Å². The van der Waals surface area contributed by atoms with Crippen molar-refractivity contribution in [3.05, 3.63) is 64.3 Å². The minimum absolute atomic E-state index is 0.0333. The number of carbonyl (C=O) groups is 1. The van der Waals surface area contributed by atoms with E-state index in [2.05, 4.69) is 26.5 Å². The lowest BCUT2D eigenvalue weighted by atomic mass is 9.96. The molecule has 3 aliphatic heterocycles. The van der Waals surface area contributed by atoms with Crippen LogP contribution in [0.3, 0.4) is 0 Å². The van der Waals surface area contributed by atoms with Crippen LogP contribution >= 0.6 is 23.2 Å². The number of pyridine rings is 2. The lowest BCUT2D eigenvalue weighted by Gasteiger charge is -2.33. The van der Waals surface area contributed by atoms with E-state index in [4.69, 9.17) is 37.9 Å². The van der Waals surface area contributed by atoms with Gasteiger partial charge in [0.05, 0.1) is 11.9 Å². The molecule has 5 heterocycles. The van der Waals surface area contributed by atoms with Gasteiger partial charge in [0, 0.05) is 66.9 Å². The van der Waals surface area contributed by atoms with Crippen LogP contribution in [-0.4, -0.2) is 65.6 Å². The molecule has 2 aromatic heterocycles. The largest absolute Gasteiger partial charge is 0.437 e. The Hall–Kier alpha value is -2.91. The van der Waals surface area contributed by atoms with E-state index >= 15 is 0 Å². The summed E-state index contributed by atoms with van der Waals surface area (Å²) in [5, 5.41) is 7.75. The molecule has 2 N–H and O–H groups in total. The number of aromatic nitrogens is 2. The predicted molar refractivity (Wildman–Crippen MR) is 163 cm³/mol. The topological polar surface area (TPSA) is 82.6 Å². The molecule has 8 nitrogen and oxygen atoms in total. The Morgan fingerprint density at radius 2 is 1.76 bits per heavy atom. The molecule has 2 bridgehead atoms. The summed E-state index contributed by atoms with van der Waals surface area (Å²) in [7, 11) is 0. The molecule has 1 amide bonds. The highest BCUT2D eigenvalue weighted by Gasteiger charge is 2.32. The van der Waals surface area contributed by atoms with E-state index in [0.717, 1.165) is 74.7 Å². The maximum absolute atomic E-state index is 11.3. The van der Waals surface area contributed by atoms with E-state index in [1.54, 1.807) is 19.2 Å². The van der Waals surface area contributed by atoms with Crippen molar-refractivity contribution < 1.29 is 9.53 Å². The lowest BCUT2D eigenvalue weighted by molar-refractivity contribution is -0.119. The molecule has 0 spiro atoms. The Morgan fingerprint density at radius 1 is 1.02 bits per heavy atom. The van der Waals surface area contributed by atoms with Gasteiger partial charge in [-0.1, -0.05) is 23.2 Å². The van der Waals surface area contributed by atoms with Gasteiger partial charge in [-0.15, -0.1) is 0 Å². The van der Waals surface area contributed by atoms with E-state index in [0.29, 0.717) is 39.7 Å². The van der Waals surface area contributed by atoms with Gasteiger partial charge in [-0.05, 0) is 86.7 Å². The summed E-state index contributed by atoms with van der Waals surface area (Å²) >= 11 is 12.7. The number of rotatable bonds is 8. The summed E-state index contributed by atoms with van der Waals surface area (Å²) in [5.74, 6) is 2.68. The zero-order valence-electron chi connectivity index (χ0n) is 23.3. The molecule has 3 fully saturated rings. The number of amides is 1. The van der Waals surface area contributed by atoms with Crippen molar-refractivity contribution in [2.24, 2.45) is 5.92 Å². The number of carbonyl (C=O) groups excluding carboxylic acids is 1. The zero-order chi connectivity index (χ0) is 28.3. The van der Waals surface area contributed by atoms with Crippen LogP contribution in [0.25, 0.3) is 11.3 Å². The third kappa shape index (κ3) is 7.30. The number of hydrogen-bond donors (Lipinski definition) is 2. The molecule has 3 aliphatic rings. The fourth-order valence-electron chi connectivity index (χ4n) is 6.17. The number of likely N-dealkylation sites (tertiary alicyclic amines) is 1. The Morgan fingerprint density at radius 3 is 2.41 bits per heavy atom. The number of piperazine rings is 1. The van der Waals surface area contributed by atoms with Crippen molar-refractivity contribution in [3.63, 3.8) is 0 Å². The number of nitrogens with one attached hydrogen (secondary N) is 2. The summed E-state index contributed by atoms with van der Waals surface area (Å²) < 4.78 is 6.27. The van der Waals surface area contributed by atoms with Crippen LogP contribution in [0.15, 0.2) is 48.7 Å². The van der Waals surface area contributed by atoms with E-state index in [-0.39, 0.29) is 5.91 Å². The summed E-state index contributed by atoms with van der Waals surface area (Å²) in [4.78, 5) is 25.6. The van der Waals surface area contributed by atoms with Gasteiger partial charge in [-0.3, -0.25) is 9.69 Å². The standard InChI is InChI=1S/C31H36Cl2N6O2/c1-20(40)34-15-21-6-8-38(9-7-21)17-22-10-29(23-12-24(32)14-25(33)13-23)37-31(11-22)41-28-4-5-30(35-16-28)39-18-26-2-3-27(19-39)36-26/h4-5,10-14,16,21,26-27,36H,2-3,6-9,15,17-19H2,1H3,(H,34,40). The van der Waals surface area contributed by atoms with E-state index in [1.807, 2.05) is 30.3 Å². The van der Waals surface area contributed by atoms with Crippen molar-refractivity contribution in [2.45, 2.75) is 51.2 Å². The number of hydrogen-bond acceptors (Lipinski definition) is 7. The first-order valence-electron chi connectivity index (χ1n) is 14.5. The lowest BCUT2D eigenvalue weighted by Crippen LogP contribution is -2.51. The number of anilines is 1. The first-order chi connectivity index (χ1) is 19.9. The highest BCUT2D eigenvalue weighted by atomic mass is 35.5. The molecule has 3 saturated heterocycles. The molecule has 2 atom stereocenters. The minimum atomic E-state index is 0.0333. The van der Waals surface area contributed by atoms with Crippen LogP contribution in [0.2, 0.25) is 10.0 Å². The highest BCUT2D eigenvalue weighted by molar-refractivity contribution is 6.35. The van der Waals surface area contributed by atoms with Crippen molar-refractivity contribution in [1.82, 2.24) is 25.5 Å². The summed E-state index contributed by atoms with van der Waals surface area (Å²) in [6.07, 6.45) is 6.36. The molecule has 0 saturated carbocycles. The van der Waals surface area contributed by atoms with Crippen LogP contribution in [0.1, 0.15) is 38.2 Å². The first kappa shape index (κ1) is 28.2. The maximum atomic E-state index is 11.3. The quantitative estimate of drug-likeness (QED) is 0.355. The minimum Gasteiger partial charge on any atom is -0.437 e. The summed E-state index contributed by atoms with van der Waals surface area (Å²) in [5.41, 5.74) is 2.69. The number of nitrogens with zero attached hydrogens (tertiary/aromatic N) is 4. The molecule has 0 aliphatic carbocycles. The second kappa shape index (κ2) is 12.5. The van der Waals surface area contributed by atoms with Crippen molar-refractivity contribution in [2.75, 3.05) is 37.6 Å². The smallest absolute Gasteiger partial charge is 0.220 e. The van der Waals surface area contributed by atoms with Gasteiger partial charge in [-0.25, -0.2) is 9.97 Å². The number of ether oxygens (including phenoxy) is 1. The second-order valence-corrected chi connectivity index (χ2v) is 12.4. The molecule has 41 heavy (non-hydrogen) atoms. The van der Waals surface area contributed by atoms with Crippen LogP contribution < -0.4 is 20.3 Å². The average molecular weight is 596 g/mol. The average Bonchev–Trinajstić information content (AvgIpc) is 3.29. The SMILES string of the molecule is CC(=O)NCC1CCN(Cc2cc(Oc3ccc(N4CC5CCC(C4)N5)nc3)nc(-c3cc(Cl)cc(Cl)c3)c2)CC1.